The minimum atomic E-state index is 0.566. The van der Waals surface area contributed by atoms with Gasteiger partial charge >= 0.3 is 0 Å². The van der Waals surface area contributed by atoms with Gasteiger partial charge in [-0.15, -0.1) is 0 Å². The molecule has 0 radical (unpaired) electrons. The molecule has 0 saturated carbocycles. The number of rotatable bonds is 2. The zero-order chi connectivity index (χ0) is 13.0. The third kappa shape index (κ3) is 3.38. The maximum atomic E-state index is 6.00. The summed E-state index contributed by atoms with van der Waals surface area (Å²) in [6.07, 6.45) is 0. The fourth-order valence-electron chi connectivity index (χ4n) is 1.83. The number of guanidine groups is 1. The number of hydrogen-bond acceptors (Lipinski definition) is 3. The van der Waals surface area contributed by atoms with Gasteiger partial charge in [0, 0.05) is 30.3 Å². The lowest BCUT2D eigenvalue weighted by molar-refractivity contribution is 0.455. The van der Waals surface area contributed by atoms with E-state index in [0.717, 1.165) is 36.0 Å². The number of thioether (sulfide) groups is 1. The molecule has 1 saturated heterocycles. The van der Waals surface area contributed by atoms with Gasteiger partial charge in [-0.3, -0.25) is 4.98 Å². The zero-order valence-corrected chi connectivity index (χ0v) is 11.8. The van der Waals surface area contributed by atoms with E-state index in [0.29, 0.717) is 12.5 Å². The molecule has 0 bridgehead atoms. The van der Waals surface area contributed by atoms with E-state index in [9.17, 15) is 0 Å². The number of aryl methyl sites for hydroxylation is 2. The Morgan fingerprint density at radius 3 is 2.78 bits per heavy atom. The molecule has 18 heavy (non-hydrogen) atoms. The van der Waals surface area contributed by atoms with Crippen LogP contribution in [0.3, 0.4) is 0 Å². The van der Waals surface area contributed by atoms with Crippen molar-refractivity contribution in [2.45, 2.75) is 20.4 Å². The Morgan fingerprint density at radius 2 is 2.11 bits per heavy atom. The molecule has 4 nitrogen and oxygen atoms in total. The Balaban J connectivity index is 1.98. The predicted octanol–water partition coefficient (Wildman–Crippen LogP) is 1.56. The Kier molecular flexibility index (Phi) is 4.47. The third-order valence-corrected chi connectivity index (χ3v) is 4.09. The minimum Gasteiger partial charge on any atom is -0.370 e. The highest BCUT2D eigenvalue weighted by Gasteiger charge is 2.11. The highest BCUT2D eigenvalue weighted by Crippen LogP contribution is 2.09. The van der Waals surface area contributed by atoms with E-state index in [-0.39, 0.29) is 0 Å². The molecule has 1 aromatic rings. The van der Waals surface area contributed by atoms with E-state index in [1.807, 2.05) is 24.8 Å². The van der Waals surface area contributed by atoms with Gasteiger partial charge in [0.15, 0.2) is 5.96 Å². The predicted molar refractivity (Wildman–Crippen MR) is 77.9 cm³/mol. The van der Waals surface area contributed by atoms with Crippen LogP contribution in [0.5, 0.6) is 0 Å². The molecular formula is C13H20N4S. The van der Waals surface area contributed by atoms with Gasteiger partial charge in [0.25, 0.3) is 0 Å². The average molecular weight is 264 g/mol. The molecule has 0 aromatic carbocycles. The SMILES string of the molecule is Cc1ccc(CN=C(N)N2CCSCC2)nc1C. The van der Waals surface area contributed by atoms with Crippen LogP contribution in [-0.2, 0) is 6.54 Å². The van der Waals surface area contributed by atoms with Crippen molar-refractivity contribution >= 4 is 17.7 Å². The smallest absolute Gasteiger partial charge is 0.191 e. The van der Waals surface area contributed by atoms with Crippen molar-refractivity contribution < 1.29 is 0 Å². The van der Waals surface area contributed by atoms with Crippen molar-refractivity contribution in [2.24, 2.45) is 10.7 Å². The molecule has 1 aliphatic heterocycles. The van der Waals surface area contributed by atoms with Crippen LogP contribution in [0.25, 0.3) is 0 Å². The highest BCUT2D eigenvalue weighted by atomic mass is 32.2. The molecule has 1 fully saturated rings. The summed E-state index contributed by atoms with van der Waals surface area (Å²) in [6.45, 7) is 6.65. The van der Waals surface area contributed by atoms with Crippen molar-refractivity contribution in [1.82, 2.24) is 9.88 Å². The lowest BCUT2D eigenvalue weighted by Gasteiger charge is -2.27. The van der Waals surface area contributed by atoms with E-state index in [1.54, 1.807) is 0 Å². The van der Waals surface area contributed by atoms with Crippen LogP contribution in [0, 0.1) is 13.8 Å². The zero-order valence-electron chi connectivity index (χ0n) is 11.0. The maximum absolute atomic E-state index is 6.00. The average Bonchev–Trinajstić information content (AvgIpc) is 2.41. The molecule has 0 aliphatic carbocycles. The molecule has 5 heteroatoms. The number of nitrogens with two attached hydrogens (primary N) is 1. The molecule has 2 heterocycles. The van der Waals surface area contributed by atoms with E-state index >= 15 is 0 Å². The summed E-state index contributed by atoms with van der Waals surface area (Å²) in [5, 5.41) is 0. The first-order chi connectivity index (χ1) is 8.66. The number of aliphatic imine (C=N–C) groups is 1. The van der Waals surface area contributed by atoms with Gasteiger partial charge in [0.2, 0.25) is 0 Å². The normalized spacial score (nSPS) is 17.0. The molecule has 0 spiro atoms. The summed E-state index contributed by atoms with van der Waals surface area (Å²) < 4.78 is 0. The van der Waals surface area contributed by atoms with E-state index < -0.39 is 0 Å². The van der Waals surface area contributed by atoms with Crippen LogP contribution in [0.2, 0.25) is 0 Å². The summed E-state index contributed by atoms with van der Waals surface area (Å²) in [5.41, 5.74) is 9.26. The van der Waals surface area contributed by atoms with Gasteiger partial charge < -0.3 is 10.6 Å². The van der Waals surface area contributed by atoms with Crippen molar-refractivity contribution in [1.29, 1.82) is 0 Å². The third-order valence-electron chi connectivity index (χ3n) is 3.15. The molecule has 98 valence electrons. The standard InChI is InChI=1S/C13H20N4S/c1-10-3-4-12(16-11(10)2)9-15-13(14)17-5-7-18-8-6-17/h3-4H,5-9H2,1-2H3,(H2,14,15). The Labute approximate surface area is 113 Å². The van der Waals surface area contributed by atoms with Crippen LogP contribution in [0.15, 0.2) is 17.1 Å². The number of nitrogens with zero attached hydrogens (tertiary/aromatic N) is 3. The molecule has 0 amide bonds. The van der Waals surface area contributed by atoms with E-state index in [4.69, 9.17) is 5.73 Å². The van der Waals surface area contributed by atoms with Crippen LogP contribution >= 0.6 is 11.8 Å². The summed E-state index contributed by atoms with van der Waals surface area (Å²) in [6, 6.07) is 4.10. The van der Waals surface area contributed by atoms with Gasteiger partial charge in [-0.05, 0) is 25.5 Å². The molecule has 0 unspecified atom stereocenters. The van der Waals surface area contributed by atoms with Crippen LogP contribution in [-0.4, -0.2) is 40.4 Å². The molecular weight excluding hydrogens is 244 g/mol. The van der Waals surface area contributed by atoms with E-state index in [2.05, 4.69) is 27.9 Å². The van der Waals surface area contributed by atoms with Crippen molar-refractivity contribution in [3.8, 4) is 0 Å². The number of aromatic nitrogens is 1. The molecule has 0 atom stereocenters. The summed E-state index contributed by atoms with van der Waals surface area (Å²) in [5.74, 6) is 2.92. The van der Waals surface area contributed by atoms with Crippen LogP contribution < -0.4 is 5.73 Å². The molecule has 2 N–H and O–H groups in total. The fraction of sp³-hybridized carbons (Fsp3) is 0.538. The molecule has 2 rings (SSSR count). The second kappa shape index (κ2) is 6.09. The number of hydrogen-bond donors (Lipinski definition) is 1. The van der Waals surface area contributed by atoms with Gasteiger partial charge in [0.1, 0.15) is 0 Å². The Morgan fingerprint density at radius 1 is 1.39 bits per heavy atom. The Hall–Kier alpha value is -1.23. The monoisotopic (exact) mass is 264 g/mol. The quantitative estimate of drug-likeness (QED) is 0.650. The first-order valence-electron chi connectivity index (χ1n) is 6.22. The van der Waals surface area contributed by atoms with Gasteiger partial charge in [0.05, 0.1) is 12.2 Å². The van der Waals surface area contributed by atoms with Crippen molar-refractivity contribution in [3.05, 3.63) is 29.1 Å². The fourth-order valence-corrected chi connectivity index (χ4v) is 2.73. The topological polar surface area (TPSA) is 54.5 Å². The second-order valence-electron chi connectivity index (χ2n) is 4.48. The van der Waals surface area contributed by atoms with Crippen molar-refractivity contribution in [3.63, 3.8) is 0 Å². The van der Waals surface area contributed by atoms with Crippen LogP contribution in [0.4, 0.5) is 0 Å². The first kappa shape index (κ1) is 13.2. The second-order valence-corrected chi connectivity index (χ2v) is 5.70. The summed E-state index contributed by atoms with van der Waals surface area (Å²) in [4.78, 5) is 11.1. The summed E-state index contributed by atoms with van der Waals surface area (Å²) >= 11 is 1.97. The van der Waals surface area contributed by atoms with Crippen LogP contribution in [0.1, 0.15) is 17.0 Å². The largest absolute Gasteiger partial charge is 0.370 e. The summed E-state index contributed by atoms with van der Waals surface area (Å²) in [7, 11) is 0. The molecule has 1 aliphatic rings. The number of pyridine rings is 1. The van der Waals surface area contributed by atoms with Gasteiger partial charge in [-0.25, -0.2) is 4.99 Å². The van der Waals surface area contributed by atoms with Gasteiger partial charge in [-0.1, -0.05) is 6.07 Å². The first-order valence-corrected chi connectivity index (χ1v) is 7.38. The Bertz CT molecular complexity index is 439. The minimum absolute atomic E-state index is 0.566. The highest BCUT2D eigenvalue weighted by molar-refractivity contribution is 7.99. The lowest BCUT2D eigenvalue weighted by atomic mass is 10.2. The molecule has 1 aromatic heterocycles. The van der Waals surface area contributed by atoms with Crippen molar-refractivity contribution in [2.75, 3.05) is 24.6 Å². The van der Waals surface area contributed by atoms with E-state index in [1.165, 1.54) is 5.56 Å². The van der Waals surface area contributed by atoms with Gasteiger partial charge in [-0.2, -0.15) is 11.8 Å². The maximum Gasteiger partial charge on any atom is 0.191 e. The lowest BCUT2D eigenvalue weighted by Crippen LogP contribution is -2.42.